The molecule has 0 fully saturated rings. The average molecular weight is 247 g/mol. The molecule has 0 bridgehead atoms. The van der Waals surface area contributed by atoms with Crippen LogP contribution in [0.15, 0.2) is 0 Å². The van der Waals surface area contributed by atoms with Gasteiger partial charge in [-0.05, 0) is 12.2 Å². The summed E-state index contributed by atoms with van der Waals surface area (Å²) in [5, 5.41) is 0.742. The first-order valence-electron chi connectivity index (χ1n) is 4.12. The van der Waals surface area contributed by atoms with Crippen LogP contribution in [0.25, 0.3) is 0 Å². The lowest BCUT2D eigenvalue weighted by Crippen LogP contribution is -2.00. The Bertz CT molecular complexity index is 91.1. The first kappa shape index (κ1) is 13.3. The highest BCUT2D eigenvalue weighted by Gasteiger charge is 2.01. The van der Waals surface area contributed by atoms with Gasteiger partial charge in [0.2, 0.25) is 0 Å². The van der Waals surface area contributed by atoms with E-state index in [0.717, 1.165) is 28.5 Å². The van der Waals surface area contributed by atoms with Crippen LogP contribution in [0.3, 0.4) is 0 Å². The van der Waals surface area contributed by atoms with Crippen LogP contribution in [0, 0.1) is 0 Å². The van der Waals surface area contributed by atoms with E-state index in [1.54, 1.807) is 0 Å². The SMILES string of the molecule is CC(CCSCCCl)SCCCl. The maximum atomic E-state index is 5.59. The summed E-state index contributed by atoms with van der Waals surface area (Å²) in [6.07, 6.45) is 1.27. The highest BCUT2D eigenvalue weighted by Crippen LogP contribution is 2.16. The minimum Gasteiger partial charge on any atom is -0.161 e. The zero-order chi connectivity index (χ0) is 9.23. The molecule has 1 unspecified atom stereocenters. The summed E-state index contributed by atoms with van der Waals surface area (Å²) in [4.78, 5) is 0. The third-order valence-electron chi connectivity index (χ3n) is 1.37. The number of rotatable bonds is 8. The Kier molecular flexibility index (Phi) is 11.5. The van der Waals surface area contributed by atoms with E-state index in [2.05, 4.69) is 6.92 Å². The van der Waals surface area contributed by atoms with E-state index >= 15 is 0 Å². The molecule has 12 heavy (non-hydrogen) atoms. The minimum absolute atomic E-state index is 0.742. The van der Waals surface area contributed by atoms with Gasteiger partial charge in [-0.1, -0.05) is 6.92 Å². The van der Waals surface area contributed by atoms with Gasteiger partial charge in [-0.25, -0.2) is 0 Å². The first-order chi connectivity index (χ1) is 5.81. The second-order valence-corrected chi connectivity index (χ2v) is 5.99. The third kappa shape index (κ3) is 9.37. The highest BCUT2D eigenvalue weighted by atomic mass is 35.5. The monoisotopic (exact) mass is 246 g/mol. The minimum atomic E-state index is 0.742. The number of alkyl halides is 2. The van der Waals surface area contributed by atoms with E-state index in [0.29, 0.717) is 0 Å². The van der Waals surface area contributed by atoms with E-state index < -0.39 is 0 Å². The molecule has 0 radical (unpaired) electrons. The molecule has 0 aromatic rings. The van der Waals surface area contributed by atoms with Crippen molar-refractivity contribution >= 4 is 46.7 Å². The van der Waals surface area contributed by atoms with Gasteiger partial charge in [-0.2, -0.15) is 23.5 Å². The van der Waals surface area contributed by atoms with Crippen LogP contribution < -0.4 is 0 Å². The predicted molar refractivity (Wildman–Crippen MR) is 65.3 cm³/mol. The molecule has 0 nitrogen and oxygen atoms in total. The van der Waals surface area contributed by atoms with Crippen LogP contribution in [0.2, 0.25) is 0 Å². The predicted octanol–water partition coefficient (Wildman–Crippen LogP) is 3.71. The molecule has 4 heteroatoms. The fraction of sp³-hybridized carbons (Fsp3) is 1.00. The normalized spacial score (nSPS) is 13.2. The number of hydrogen-bond acceptors (Lipinski definition) is 2. The Morgan fingerprint density at radius 3 is 2.33 bits per heavy atom. The summed E-state index contributed by atoms with van der Waals surface area (Å²) in [7, 11) is 0. The largest absolute Gasteiger partial charge is 0.161 e. The highest BCUT2D eigenvalue weighted by molar-refractivity contribution is 8.00. The number of halogens is 2. The smallest absolute Gasteiger partial charge is 0.0314 e. The lowest BCUT2D eigenvalue weighted by molar-refractivity contribution is 0.917. The summed E-state index contributed by atoms with van der Waals surface area (Å²) >= 11 is 15.0. The van der Waals surface area contributed by atoms with Crippen molar-refractivity contribution in [3.8, 4) is 0 Å². The van der Waals surface area contributed by atoms with Crippen LogP contribution in [0.4, 0.5) is 0 Å². The van der Waals surface area contributed by atoms with E-state index in [4.69, 9.17) is 23.2 Å². The topological polar surface area (TPSA) is 0 Å². The molecule has 0 aliphatic rings. The molecule has 0 saturated heterocycles. The Morgan fingerprint density at radius 1 is 1.08 bits per heavy atom. The summed E-state index contributed by atoms with van der Waals surface area (Å²) < 4.78 is 0. The molecule has 0 aliphatic carbocycles. The summed E-state index contributed by atoms with van der Waals surface area (Å²) in [6, 6.07) is 0. The zero-order valence-corrected chi connectivity index (χ0v) is 10.5. The van der Waals surface area contributed by atoms with Crippen molar-refractivity contribution in [2.75, 3.05) is 29.0 Å². The molecule has 0 N–H and O–H groups in total. The second kappa shape index (κ2) is 10.4. The molecule has 0 amide bonds. The van der Waals surface area contributed by atoms with Gasteiger partial charge in [-0.15, -0.1) is 23.2 Å². The zero-order valence-electron chi connectivity index (χ0n) is 7.39. The van der Waals surface area contributed by atoms with Crippen molar-refractivity contribution in [1.82, 2.24) is 0 Å². The van der Waals surface area contributed by atoms with Gasteiger partial charge in [-0.3, -0.25) is 0 Å². The maximum Gasteiger partial charge on any atom is 0.0314 e. The van der Waals surface area contributed by atoms with Gasteiger partial charge in [0, 0.05) is 28.5 Å². The molecular weight excluding hydrogens is 231 g/mol. The lowest BCUT2D eigenvalue weighted by Gasteiger charge is -2.08. The van der Waals surface area contributed by atoms with Crippen molar-refractivity contribution < 1.29 is 0 Å². The molecule has 0 spiro atoms. The van der Waals surface area contributed by atoms with Crippen molar-refractivity contribution in [1.29, 1.82) is 0 Å². The summed E-state index contributed by atoms with van der Waals surface area (Å²) in [5.74, 6) is 4.91. The fourth-order valence-electron chi connectivity index (χ4n) is 0.735. The standard InChI is InChI=1S/C8H16Cl2S2/c1-8(12-7-4-10)2-5-11-6-3-9/h8H,2-7H2,1H3. The van der Waals surface area contributed by atoms with Crippen molar-refractivity contribution in [2.24, 2.45) is 0 Å². The van der Waals surface area contributed by atoms with Crippen LogP contribution in [0.5, 0.6) is 0 Å². The molecule has 0 rings (SSSR count). The number of thioether (sulfide) groups is 2. The third-order valence-corrected chi connectivity index (χ3v) is 4.46. The fourth-order valence-corrected chi connectivity index (χ4v) is 3.09. The number of hydrogen-bond donors (Lipinski definition) is 0. The summed E-state index contributed by atoms with van der Waals surface area (Å²) in [5.41, 5.74) is 0. The average Bonchev–Trinajstić information content (AvgIpc) is 2.09. The molecule has 0 aromatic carbocycles. The quantitative estimate of drug-likeness (QED) is 0.473. The molecule has 74 valence electrons. The van der Waals surface area contributed by atoms with Crippen LogP contribution in [-0.2, 0) is 0 Å². The van der Waals surface area contributed by atoms with Gasteiger partial charge in [0.25, 0.3) is 0 Å². The van der Waals surface area contributed by atoms with Crippen molar-refractivity contribution in [3.05, 3.63) is 0 Å². The van der Waals surface area contributed by atoms with Gasteiger partial charge in [0.1, 0.15) is 0 Å². The van der Waals surface area contributed by atoms with Crippen LogP contribution >= 0.6 is 46.7 Å². The van der Waals surface area contributed by atoms with Gasteiger partial charge in [0.05, 0.1) is 0 Å². The Balaban J connectivity index is 3.02. The van der Waals surface area contributed by atoms with E-state index in [-0.39, 0.29) is 0 Å². The molecule has 0 heterocycles. The van der Waals surface area contributed by atoms with Crippen LogP contribution in [0.1, 0.15) is 13.3 Å². The Hall–Kier alpha value is 1.28. The lowest BCUT2D eigenvalue weighted by atomic mass is 10.4. The Morgan fingerprint density at radius 2 is 1.75 bits per heavy atom. The molecule has 0 saturated carbocycles. The van der Waals surface area contributed by atoms with Gasteiger partial charge in [0.15, 0.2) is 0 Å². The second-order valence-electron chi connectivity index (χ2n) is 2.46. The van der Waals surface area contributed by atoms with Crippen molar-refractivity contribution in [3.63, 3.8) is 0 Å². The molecule has 1 atom stereocenters. The Labute approximate surface area is 94.1 Å². The maximum absolute atomic E-state index is 5.59. The first-order valence-corrected chi connectivity index (χ1v) is 7.39. The van der Waals surface area contributed by atoms with Gasteiger partial charge < -0.3 is 0 Å². The summed E-state index contributed by atoms with van der Waals surface area (Å²) in [6.45, 7) is 2.26. The van der Waals surface area contributed by atoms with Gasteiger partial charge >= 0.3 is 0 Å². The molecule has 0 aromatic heterocycles. The van der Waals surface area contributed by atoms with Crippen molar-refractivity contribution in [2.45, 2.75) is 18.6 Å². The van der Waals surface area contributed by atoms with E-state index in [1.807, 2.05) is 23.5 Å². The molecular formula is C8H16Cl2S2. The van der Waals surface area contributed by atoms with E-state index in [1.165, 1.54) is 12.2 Å². The van der Waals surface area contributed by atoms with E-state index in [9.17, 15) is 0 Å². The molecule has 0 aliphatic heterocycles. The van der Waals surface area contributed by atoms with Crippen LogP contribution in [-0.4, -0.2) is 34.3 Å².